The Kier molecular flexibility index (Phi) is 3.83. The van der Waals surface area contributed by atoms with Gasteiger partial charge in [0.2, 0.25) is 0 Å². The molecule has 1 aromatic rings. The minimum Gasteiger partial charge on any atom is -0.497 e. The molecule has 20 heavy (non-hydrogen) atoms. The van der Waals surface area contributed by atoms with Gasteiger partial charge in [0.25, 0.3) is 0 Å². The summed E-state index contributed by atoms with van der Waals surface area (Å²) in [5.74, 6) is 0.612. The molecule has 1 fully saturated rings. The predicted molar refractivity (Wildman–Crippen MR) is 77.3 cm³/mol. The van der Waals surface area contributed by atoms with Crippen molar-refractivity contribution in [2.75, 3.05) is 25.2 Å². The molecule has 0 spiro atoms. The van der Waals surface area contributed by atoms with Crippen molar-refractivity contribution in [2.45, 2.75) is 18.9 Å². The molecule has 1 aliphatic rings. The molecule has 2 atom stereocenters. The van der Waals surface area contributed by atoms with Crippen molar-refractivity contribution < 1.29 is 18.3 Å². The van der Waals surface area contributed by atoms with Crippen LogP contribution in [0.15, 0.2) is 24.3 Å². The molecule has 2 unspecified atom stereocenters. The molecule has 0 amide bonds. The number of nitrogens with two attached hydrogens (primary N) is 1. The van der Waals surface area contributed by atoms with Gasteiger partial charge in [-0.1, -0.05) is 12.1 Å². The maximum atomic E-state index is 11.8. The standard InChI is InChI=1S/C14H21NO4S/c1-13(16,11-4-3-5-12(8-11)19-2)14(9-15)6-7-20(17,18)10-14/h3-5,8,16H,6-7,9-10,15H2,1-2H3. The molecule has 0 aromatic heterocycles. The first kappa shape index (κ1) is 15.3. The van der Waals surface area contributed by atoms with E-state index >= 15 is 0 Å². The average Bonchev–Trinajstić information content (AvgIpc) is 2.76. The summed E-state index contributed by atoms with van der Waals surface area (Å²) < 4.78 is 28.8. The Morgan fingerprint density at radius 2 is 2.20 bits per heavy atom. The normalized spacial score (nSPS) is 28.0. The lowest BCUT2D eigenvalue weighted by Crippen LogP contribution is -2.49. The molecule has 0 bridgehead atoms. The first-order valence-electron chi connectivity index (χ1n) is 6.54. The van der Waals surface area contributed by atoms with Crippen LogP contribution in [0, 0.1) is 5.41 Å². The fourth-order valence-corrected chi connectivity index (χ4v) is 5.12. The second-order valence-electron chi connectivity index (χ2n) is 5.63. The van der Waals surface area contributed by atoms with Crippen LogP contribution < -0.4 is 10.5 Å². The van der Waals surface area contributed by atoms with E-state index in [1.54, 1.807) is 38.3 Å². The molecule has 0 saturated carbocycles. The predicted octanol–water partition coefficient (Wildman–Crippen LogP) is 0.666. The van der Waals surface area contributed by atoms with E-state index in [4.69, 9.17) is 10.5 Å². The quantitative estimate of drug-likeness (QED) is 0.853. The summed E-state index contributed by atoms with van der Waals surface area (Å²) >= 11 is 0. The average molecular weight is 299 g/mol. The first-order chi connectivity index (χ1) is 9.26. The van der Waals surface area contributed by atoms with Gasteiger partial charge < -0.3 is 15.6 Å². The van der Waals surface area contributed by atoms with Crippen LogP contribution >= 0.6 is 0 Å². The van der Waals surface area contributed by atoms with Gasteiger partial charge >= 0.3 is 0 Å². The summed E-state index contributed by atoms with van der Waals surface area (Å²) in [5.41, 5.74) is 4.28. The van der Waals surface area contributed by atoms with Crippen molar-refractivity contribution in [1.29, 1.82) is 0 Å². The van der Waals surface area contributed by atoms with Crippen LogP contribution in [-0.2, 0) is 15.4 Å². The Hall–Kier alpha value is -1.11. The van der Waals surface area contributed by atoms with Crippen LogP contribution in [0.3, 0.4) is 0 Å². The smallest absolute Gasteiger partial charge is 0.151 e. The number of benzene rings is 1. The Morgan fingerprint density at radius 1 is 1.50 bits per heavy atom. The summed E-state index contributed by atoms with van der Waals surface area (Å²) in [6.07, 6.45) is 0.371. The summed E-state index contributed by atoms with van der Waals surface area (Å²) in [6.45, 7) is 1.76. The molecule has 0 aliphatic carbocycles. The van der Waals surface area contributed by atoms with Gasteiger partial charge in [-0.15, -0.1) is 0 Å². The molecule has 1 aromatic carbocycles. The van der Waals surface area contributed by atoms with E-state index < -0.39 is 20.9 Å². The second kappa shape index (κ2) is 5.02. The first-order valence-corrected chi connectivity index (χ1v) is 8.36. The molecular weight excluding hydrogens is 278 g/mol. The summed E-state index contributed by atoms with van der Waals surface area (Å²) in [5, 5.41) is 11.0. The summed E-state index contributed by atoms with van der Waals surface area (Å²) in [4.78, 5) is 0. The maximum Gasteiger partial charge on any atom is 0.151 e. The van der Waals surface area contributed by atoms with Gasteiger partial charge in [0, 0.05) is 12.0 Å². The Balaban J connectivity index is 2.47. The van der Waals surface area contributed by atoms with Gasteiger partial charge in [-0.2, -0.15) is 0 Å². The highest BCUT2D eigenvalue weighted by Crippen LogP contribution is 2.47. The number of hydrogen-bond donors (Lipinski definition) is 2. The van der Waals surface area contributed by atoms with Crippen molar-refractivity contribution in [3.63, 3.8) is 0 Å². The van der Waals surface area contributed by atoms with Crippen LogP contribution in [0.4, 0.5) is 0 Å². The van der Waals surface area contributed by atoms with Crippen molar-refractivity contribution in [1.82, 2.24) is 0 Å². The Bertz CT molecular complexity index is 597. The molecule has 2 rings (SSSR count). The number of sulfone groups is 1. The molecule has 112 valence electrons. The largest absolute Gasteiger partial charge is 0.497 e. The SMILES string of the molecule is COc1cccc(C(C)(O)C2(CN)CCS(=O)(=O)C2)c1. The molecule has 3 N–H and O–H groups in total. The summed E-state index contributed by atoms with van der Waals surface area (Å²) in [6, 6.07) is 7.05. The fraction of sp³-hybridized carbons (Fsp3) is 0.571. The van der Waals surface area contributed by atoms with Gasteiger partial charge in [-0.25, -0.2) is 8.42 Å². The number of hydrogen-bond acceptors (Lipinski definition) is 5. The third-order valence-corrected chi connectivity index (χ3v) is 6.26. The second-order valence-corrected chi connectivity index (χ2v) is 7.81. The van der Waals surface area contributed by atoms with Crippen LogP contribution in [0.2, 0.25) is 0 Å². The lowest BCUT2D eigenvalue weighted by atomic mass is 9.69. The zero-order valence-electron chi connectivity index (χ0n) is 11.8. The monoisotopic (exact) mass is 299 g/mol. The van der Waals surface area contributed by atoms with Crippen LogP contribution in [-0.4, -0.2) is 38.7 Å². The molecule has 0 radical (unpaired) electrons. The number of rotatable bonds is 4. The highest BCUT2D eigenvalue weighted by molar-refractivity contribution is 7.91. The van der Waals surface area contributed by atoms with E-state index in [1.807, 2.05) is 0 Å². The fourth-order valence-electron chi connectivity index (χ4n) is 2.89. The Morgan fingerprint density at radius 3 is 2.70 bits per heavy atom. The summed E-state index contributed by atoms with van der Waals surface area (Å²) in [7, 11) is -1.60. The minimum atomic E-state index is -3.14. The van der Waals surface area contributed by atoms with E-state index in [1.165, 1.54) is 0 Å². The zero-order chi connectivity index (χ0) is 15.0. The molecule has 1 heterocycles. The van der Waals surface area contributed by atoms with Crippen molar-refractivity contribution in [3.8, 4) is 5.75 Å². The van der Waals surface area contributed by atoms with Crippen LogP contribution in [0.1, 0.15) is 18.9 Å². The third-order valence-electron chi connectivity index (χ3n) is 4.44. The Labute approximate surface area is 119 Å². The number of ether oxygens (including phenoxy) is 1. The highest BCUT2D eigenvalue weighted by atomic mass is 32.2. The van der Waals surface area contributed by atoms with E-state index in [0.29, 0.717) is 17.7 Å². The van der Waals surface area contributed by atoms with E-state index in [9.17, 15) is 13.5 Å². The number of aliphatic hydroxyl groups is 1. The zero-order valence-corrected chi connectivity index (χ0v) is 12.6. The van der Waals surface area contributed by atoms with Crippen LogP contribution in [0.25, 0.3) is 0 Å². The van der Waals surface area contributed by atoms with Gasteiger partial charge in [0.05, 0.1) is 24.2 Å². The van der Waals surface area contributed by atoms with Gasteiger partial charge in [-0.3, -0.25) is 0 Å². The lowest BCUT2D eigenvalue weighted by molar-refractivity contribution is -0.0584. The van der Waals surface area contributed by atoms with Gasteiger partial charge in [-0.05, 0) is 31.0 Å². The molecule has 1 saturated heterocycles. The molecule has 6 heteroatoms. The van der Waals surface area contributed by atoms with E-state index in [2.05, 4.69) is 0 Å². The van der Waals surface area contributed by atoms with Crippen molar-refractivity contribution in [2.24, 2.45) is 11.1 Å². The minimum absolute atomic E-state index is 0.0737. The van der Waals surface area contributed by atoms with Gasteiger partial charge in [0.15, 0.2) is 9.84 Å². The third kappa shape index (κ3) is 2.43. The van der Waals surface area contributed by atoms with E-state index in [0.717, 1.165) is 0 Å². The number of methoxy groups -OCH3 is 1. The van der Waals surface area contributed by atoms with Crippen LogP contribution in [0.5, 0.6) is 5.75 Å². The highest BCUT2D eigenvalue weighted by Gasteiger charge is 2.53. The van der Waals surface area contributed by atoms with Gasteiger partial charge in [0.1, 0.15) is 5.75 Å². The maximum absolute atomic E-state index is 11.8. The molecule has 5 nitrogen and oxygen atoms in total. The van der Waals surface area contributed by atoms with E-state index in [-0.39, 0.29) is 18.1 Å². The lowest BCUT2D eigenvalue weighted by Gasteiger charge is -2.41. The molecular formula is C14H21NO4S. The molecule has 1 aliphatic heterocycles. The van der Waals surface area contributed by atoms with Crippen molar-refractivity contribution >= 4 is 9.84 Å². The van der Waals surface area contributed by atoms with Crippen molar-refractivity contribution in [3.05, 3.63) is 29.8 Å². The topological polar surface area (TPSA) is 89.6 Å².